The number of sulfonamides is 1. The van der Waals surface area contributed by atoms with Gasteiger partial charge in [0.25, 0.3) is 10.0 Å². The first-order chi connectivity index (χ1) is 19.9. The number of aliphatic imine (C=N–C) groups is 1. The fraction of sp³-hybridized carbons (Fsp3) is 0.310. The molecule has 0 aromatic heterocycles. The van der Waals surface area contributed by atoms with Gasteiger partial charge >= 0.3 is 18.9 Å². The summed E-state index contributed by atoms with van der Waals surface area (Å²) in [7, 11) is -3.75. The van der Waals surface area contributed by atoms with Gasteiger partial charge in [0.2, 0.25) is 0 Å². The van der Waals surface area contributed by atoms with Crippen molar-refractivity contribution in [2.75, 3.05) is 57.6 Å². The van der Waals surface area contributed by atoms with E-state index in [4.69, 9.17) is 29.1 Å². The third-order valence-electron chi connectivity index (χ3n) is 5.53. The van der Waals surface area contributed by atoms with E-state index in [1.807, 2.05) is 13.0 Å². The van der Waals surface area contributed by atoms with Gasteiger partial charge in [-0.25, -0.2) is 8.42 Å². The first-order valence-corrected chi connectivity index (χ1v) is 14.7. The summed E-state index contributed by atoms with van der Waals surface area (Å²) in [4.78, 5) is 4.75. The molecular formula is C29H32LiN3O7S2. The first-order valence-electron chi connectivity index (χ1n) is 12.8. The van der Waals surface area contributed by atoms with E-state index < -0.39 is 10.0 Å². The Bertz CT molecular complexity index is 1410. The second-order valence-corrected chi connectivity index (χ2v) is 10.4. The Morgan fingerprint density at radius 1 is 0.833 bits per heavy atom. The van der Waals surface area contributed by atoms with Gasteiger partial charge in [-0.05, 0) is 37.3 Å². The van der Waals surface area contributed by atoms with Crippen LogP contribution in [0.1, 0.15) is 11.1 Å². The quantitative estimate of drug-likeness (QED) is 0.266. The van der Waals surface area contributed by atoms with Crippen LogP contribution in [0.4, 0.5) is 11.4 Å². The van der Waals surface area contributed by atoms with Crippen LogP contribution in [0.2, 0.25) is 0 Å². The topological polar surface area (TPSA) is 127 Å². The number of hydrogen-bond acceptors (Lipinski definition) is 9. The molecule has 3 aromatic rings. The van der Waals surface area contributed by atoms with Crippen LogP contribution in [0.25, 0.3) is 5.41 Å². The van der Waals surface area contributed by atoms with Crippen molar-refractivity contribution < 1.29 is 51.0 Å². The minimum atomic E-state index is -3.75. The van der Waals surface area contributed by atoms with Gasteiger partial charge in [-0.1, -0.05) is 48.1 Å². The number of benzene rings is 3. The summed E-state index contributed by atoms with van der Waals surface area (Å²) in [5.74, 6) is 1.10. The monoisotopic (exact) mass is 605 g/mol. The number of anilines is 1. The predicted octanol–water partition coefficient (Wildman–Crippen LogP) is 2.03. The van der Waals surface area contributed by atoms with Crippen LogP contribution in [0.3, 0.4) is 0 Å². The molecule has 0 spiro atoms. The van der Waals surface area contributed by atoms with Gasteiger partial charge in [-0.15, -0.1) is 0 Å². The number of hydrogen-bond donors (Lipinski definition) is 1. The van der Waals surface area contributed by atoms with E-state index in [0.29, 0.717) is 81.3 Å². The zero-order valence-electron chi connectivity index (χ0n) is 23.7. The second-order valence-electron chi connectivity index (χ2n) is 8.52. The molecular weight excluding hydrogens is 573 g/mol. The summed E-state index contributed by atoms with van der Waals surface area (Å²) in [5.41, 5.74) is 2.64. The van der Waals surface area contributed by atoms with Gasteiger partial charge in [0, 0.05) is 17.8 Å². The molecule has 4 rings (SSSR count). The van der Waals surface area contributed by atoms with Crippen LogP contribution < -0.4 is 33.1 Å². The van der Waals surface area contributed by atoms with Gasteiger partial charge in [-0.3, -0.25) is 9.71 Å². The SMILES string of the molecule is Cc1ccc(S(=O)(=O)Nc2ccccc2C=Nc2ccc3c(c2)OCCOCCOCCOCCO3)cc1.[Li+].[N-]=C=S. The molecule has 0 radical (unpaired) electrons. The predicted molar refractivity (Wildman–Crippen MR) is 162 cm³/mol. The first kappa shape index (κ1) is 35.2. The van der Waals surface area contributed by atoms with Crippen LogP contribution in [0.15, 0.2) is 76.6 Å². The van der Waals surface area contributed by atoms with E-state index in [1.165, 1.54) is 5.16 Å². The van der Waals surface area contributed by atoms with Crippen molar-refractivity contribution in [1.29, 1.82) is 0 Å². The number of nitrogens with one attached hydrogen (secondary N) is 1. The van der Waals surface area contributed by atoms with E-state index in [-0.39, 0.29) is 23.8 Å². The van der Waals surface area contributed by atoms with Crippen molar-refractivity contribution in [2.45, 2.75) is 11.8 Å². The molecule has 0 saturated carbocycles. The summed E-state index contributed by atoms with van der Waals surface area (Å²) in [5, 5.41) is 8.47. The zero-order valence-corrected chi connectivity index (χ0v) is 25.3. The molecule has 10 nitrogen and oxygen atoms in total. The van der Waals surface area contributed by atoms with Gasteiger partial charge in [0.1, 0.15) is 13.2 Å². The van der Waals surface area contributed by atoms with Gasteiger partial charge in [0.05, 0.1) is 55.9 Å². The Kier molecular flexibility index (Phi) is 16.1. The molecule has 13 heteroatoms. The van der Waals surface area contributed by atoms with Crippen LogP contribution in [0.5, 0.6) is 11.5 Å². The molecule has 42 heavy (non-hydrogen) atoms. The summed E-state index contributed by atoms with van der Waals surface area (Å²) < 4.78 is 56.7. The number of fused-ring (bicyclic) bond motifs is 1. The van der Waals surface area contributed by atoms with Crippen molar-refractivity contribution in [1.82, 2.24) is 0 Å². The molecule has 3 aromatic carbocycles. The molecule has 1 aliphatic heterocycles. The minimum Gasteiger partial charge on any atom is -0.753 e. The number of ether oxygens (including phenoxy) is 5. The molecule has 1 aliphatic rings. The molecule has 0 saturated heterocycles. The van der Waals surface area contributed by atoms with Gasteiger partial charge in [0.15, 0.2) is 11.5 Å². The van der Waals surface area contributed by atoms with Crippen molar-refractivity contribution in [3.63, 3.8) is 0 Å². The van der Waals surface area contributed by atoms with Crippen LogP contribution >= 0.6 is 12.2 Å². The summed E-state index contributed by atoms with van der Waals surface area (Å²) >= 11 is 3.70. The average Bonchev–Trinajstić information content (AvgIpc) is 2.97. The second kappa shape index (κ2) is 19.2. The molecule has 1 heterocycles. The Morgan fingerprint density at radius 2 is 1.38 bits per heavy atom. The maximum atomic E-state index is 12.9. The van der Waals surface area contributed by atoms with Gasteiger partial charge in [-0.2, -0.15) is 5.16 Å². The molecule has 0 amide bonds. The number of isothiocyanates is 1. The van der Waals surface area contributed by atoms with Crippen molar-refractivity contribution in [2.24, 2.45) is 4.99 Å². The standard InChI is InChI=1S/C28H32N2O7S.CNS.Li/c1-22-6-9-25(10-7-22)38(31,32)30-26-5-3-2-4-23(26)21-29-24-8-11-27-28(20-24)37-19-17-35-15-13-33-12-14-34-16-18-36-27;2-1-3;/h2-11,20-21,30H,12-19H2,1H3;;/q;-1;+1. The molecule has 0 bridgehead atoms. The summed E-state index contributed by atoms with van der Waals surface area (Å²) in [6, 6.07) is 19.1. The smallest absolute Gasteiger partial charge is 0.753 e. The summed E-state index contributed by atoms with van der Waals surface area (Å²) in [6.45, 7) is 5.41. The third kappa shape index (κ3) is 12.1. The Morgan fingerprint density at radius 3 is 2.00 bits per heavy atom. The van der Waals surface area contributed by atoms with Crippen LogP contribution in [0, 0.1) is 6.92 Å². The Balaban J connectivity index is 0.00000148. The van der Waals surface area contributed by atoms with Crippen molar-refractivity contribution in [3.05, 3.63) is 83.3 Å². The fourth-order valence-corrected chi connectivity index (χ4v) is 4.63. The Labute approximate surface area is 264 Å². The minimum absolute atomic E-state index is 0. The normalized spacial score (nSPS) is 14.6. The maximum Gasteiger partial charge on any atom is 1.00 e. The number of thiocarbonyl (C=S) groups is 1. The third-order valence-corrected chi connectivity index (χ3v) is 6.91. The van der Waals surface area contributed by atoms with Crippen molar-refractivity contribution in [3.8, 4) is 11.5 Å². The maximum absolute atomic E-state index is 12.9. The molecule has 0 aliphatic carbocycles. The number of rotatable bonds is 5. The van der Waals surface area contributed by atoms with Crippen LogP contribution in [-0.2, 0) is 24.2 Å². The largest absolute Gasteiger partial charge is 1.00 e. The molecule has 0 atom stereocenters. The molecule has 0 fully saturated rings. The zero-order chi connectivity index (χ0) is 29.3. The average molecular weight is 606 g/mol. The molecule has 0 unspecified atom stereocenters. The fourth-order valence-electron chi connectivity index (χ4n) is 3.54. The van der Waals surface area contributed by atoms with E-state index in [2.05, 4.69) is 21.9 Å². The van der Waals surface area contributed by atoms with Crippen LogP contribution in [-0.4, -0.2) is 72.6 Å². The van der Waals surface area contributed by atoms with E-state index in [1.54, 1.807) is 66.9 Å². The number of para-hydroxylation sites is 1. The number of aryl methyl sites for hydroxylation is 1. The molecule has 1 N–H and O–H groups in total. The summed E-state index contributed by atoms with van der Waals surface area (Å²) in [6.07, 6.45) is 1.61. The van der Waals surface area contributed by atoms with E-state index >= 15 is 0 Å². The molecule has 218 valence electrons. The van der Waals surface area contributed by atoms with Gasteiger partial charge < -0.3 is 29.1 Å². The van der Waals surface area contributed by atoms with E-state index in [0.717, 1.165) is 5.56 Å². The Hall–Kier alpha value is -3.04. The number of nitrogens with zero attached hydrogens (tertiary/aromatic N) is 2. The van der Waals surface area contributed by atoms with Crippen molar-refractivity contribution >= 4 is 45.0 Å². The van der Waals surface area contributed by atoms with E-state index in [9.17, 15) is 8.42 Å².